The SMILES string of the molecule is CC(CCc1ccc(C(F)(F)F)cc1)NCCC(C)(C)C(=O)O. The number of hydrogen-bond donors (Lipinski definition) is 2. The summed E-state index contributed by atoms with van der Waals surface area (Å²) in [5.74, 6) is -0.822. The van der Waals surface area contributed by atoms with E-state index >= 15 is 0 Å². The third kappa shape index (κ3) is 6.60. The van der Waals surface area contributed by atoms with Gasteiger partial charge in [0, 0.05) is 6.04 Å². The number of carboxylic acid groups (broad SMARTS) is 1. The fourth-order valence-electron chi connectivity index (χ4n) is 2.08. The molecule has 0 aliphatic rings. The lowest BCUT2D eigenvalue weighted by molar-refractivity contribution is -0.147. The predicted molar refractivity (Wildman–Crippen MR) is 83.3 cm³/mol. The summed E-state index contributed by atoms with van der Waals surface area (Å²) in [4.78, 5) is 11.0. The number of benzene rings is 1. The summed E-state index contributed by atoms with van der Waals surface area (Å²) in [6.45, 7) is 5.94. The van der Waals surface area contributed by atoms with Gasteiger partial charge in [0.1, 0.15) is 0 Å². The molecule has 0 aliphatic heterocycles. The van der Waals surface area contributed by atoms with Crippen LogP contribution in [0.5, 0.6) is 0 Å². The van der Waals surface area contributed by atoms with E-state index in [0.717, 1.165) is 24.1 Å². The number of alkyl halides is 3. The fourth-order valence-corrected chi connectivity index (χ4v) is 2.08. The first kappa shape index (κ1) is 19.5. The van der Waals surface area contributed by atoms with E-state index in [2.05, 4.69) is 5.32 Å². The van der Waals surface area contributed by atoms with Gasteiger partial charge in [0.05, 0.1) is 11.0 Å². The second-order valence-corrected chi connectivity index (χ2v) is 6.53. The van der Waals surface area contributed by atoms with Crippen LogP contribution < -0.4 is 5.32 Å². The van der Waals surface area contributed by atoms with Crippen molar-refractivity contribution in [3.8, 4) is 0 Å². The van der Waals surface area contributed by atoms with Crippen molar-refractivity contribution in [1.82, 2.24) is 5.32 Å². The molecular formula is C17H24F3NO2. The molecule has 0 amide bonds. The second kappa shape index (κ2) is 7.81. The highest BCUT2D eigenvalue weighted by molar-refractivity contribution is 5.73. The van der Waals surface area contributed by atoms with E-state index in [1.165, 1.54) is 12.1 Å². The number of carboxylic acids is 1. The zero-order valence-electron chi connectivity index (χ0n) is 13.7. The van der Waals surface area contributed by atoms with Crippen LogP contribution in [-0.2, 0) is 17.4 Å². The quantitative estimate of drug-likeness (QED) is 0.753. The predicted octanol–water partition coefficient (Wildman–Crippen LogP) is 4.12. The molecular weight excluding hydrogens is 307 g/mol. The number of aliphatic carboxylic acids is 1. The summed E-state index contributed by atoms with van der Waals surface area (Å²) in [5, 5.41) is 12.3. The standard InChI is InChI=1S/C17H24F3NO2/c1-12(21-11-10-16(2,3)15(22)23)4-5-13-6-8-14(9-7-13)17(18,19)20/h6-9,12,21H,4-5,10-11H2,1-3H3,(H,22,23). The Bertz CT molecular complexity index is 510. The number of aryl methyl sites for hydroxylation is 1. The number of nitrogens with one attached hydrogen (secondary N) is 1. The van der Waals surface area contributed by atoms with Crippen LogP contribution in [-0.4, -0.2) is 23.7 Å². The Labute approximate surface area is 134 Å². The molecule has 23 heavy (non-hydrogen) atoms. The molecule has 0 aromatic heterocycles. The van der Waals surface area contributed by atoms with Gasteiger partial charge in [0.25, 0.3) is 0 Å². The molecule has 1 atom stereocenters. The zero-order valence-corrected chi connectivity index (χ0v) is 13.7. The molecule has 3 nitrogen and oxygen atoms in total. The maximum absolute atomic E-state index is 12.5. The van der Waals surface area contributed by atoms with Crippen molar-refractivity contribution < 1.29 is 23.1 Å². The van der Waals surface area contributed by atoms with Gasteiger partial charge in [-0.15, -0.1) is 0 Å². The largest absolute Gasteiger partial charge is 0.481 e. The average Bonchev–Trinajstić information content (AvgIpc) is 2.44. The minimum atomic E-state index is -4.30. The Morgan fingerprint density at radius 1 is 1.22 bits per heavy atom. The monoisotopic (exact) mass is 331 g/mol. The summed E-state index contributed by atoms with van der Waals surface area (Å²) in [6, 6.07) is 5.37. The molecule has 130 valence electrons. The molecule has 6 heteroatoms. The smallest absolute Gasteiger partial charge is 0.416 e. The number of carbonyl (C=O) groups is 1. The summed E-state index contributed by atoms with van der Waals surface area (Å²) in [6.07, 6.45) is -2.33. The average molecular weight is 331 g/mol. The summed E-state index contributed by atoms with van der Waals surface area (Å²) in [7, 11) is 0. The van der Waals surface area contributed by atoms with Crippen LogP contribution in [0.15, 0.2) is 24.3 Å². The zero-order chi connectivity index (χ0) is 17.7. The molecule has 1 rings (SSSR count). The van der Waals surface area contributed by atoms with Gasteiger partial charge in [-0.25, -0.2) is 0 Å². The first-order chi connectivity index (χ1) is 10.5. The molecule has 2 N–H and O–H groups in total. The lowest BCUT2D eigenvalue weighted by Gasteiger charge is -2.21. The Hall–Kier alpha value is -1.56. The van der Waals surface area contributed by atoms with E-state index in [1.807, 2.05) is 6.92 Å². The third-order valence-electron chi connectivity index (χ3n) is 3.97. The highest BCUT2D eigenvalue weighted by Gasteiger charge is 2.30. The van der Waals surface area contributed by atoms with Crippen LogP contribution in [0, 0.1) is 5.41 Å². The van der Waals surface area contributed by atoms with Gasteiger partial charge in [-0.1, -0.05) is 12.1 Å². The van der Waals surface area contributed by atoms with Gasteiger partial charge in [0.2, 0.25) is 0 Å². The van der Waals surface area contributed by atoms with E-state index in [-0.39, 0.29) is 6.04 Å². The van der Waals surface area contributed by atoms with Crippen LogP contribution in [0.2, 0.25) is 0 Å². The van der Waals surface area contributed by atoms with Crippen LogP contribution in [0.4, 0.5) is 13.2 Å². The van der Waals surface area contributed by atoms with Crippen molar-refractivity contribution in [2.45, 2.75) is 52.3 Å². The second-order valence-electron chi connectivity index (χ2n) is 6.53. The lowest BCUT2D eigenvalue weighted by Crippen LogP contribution is -2.33. The normalized spacial score (nSPS) is 13.8. The van der Waals surface area contributed by atoms with Crippen LogP contribution in [0.1, 0.15) is 44.7 Å². The molecule has 0 saturated heterocycles. The maximum atomic E-state index is 12.5. The first-order valence-electron chi connectivity index (χ1n) is 7.65. The Kier molecular flexibility index (Phi) is 6.62. The van der Waals surface area contributed by atoms with Gasteiger partial charge in [-0.2, -0.15) is 13.2 Å². The van der Waals surface area contributed by atoms with Crippen molar-refractivity contribution in [1.29, 1.82) is 0 Å². The highest BCUT2D eigenvalue weighted by atomic mass is 19.4. The Balaban J connectivity index is 2.36. The number of hydrogen-bond acceptors (Lipinski definition) is 2. The van der Waals surface area contributed by atoms with Crippen molar-refractivity contribution >= 4 is 5.97 Å². The van der Waals surface area contributed by atoms with Crippen LogP contribution >= 0.6 is 0 Å². The molecule has 0 bridgehead atoms. The molecule has 1 unspecified atom stereocenters. The minimum Gasteiger partial charge on any atom is -0.481 e. The van der Waals surface area contributed by atoms with Crippen molar-refractivity contribution in [2.24, 2.45) is 5.41 Å². The first-order valence-corrected chi connectivity index (χ1v) is 7.65. The van der Waals surface area contributed by atoms with Crippen molar-refractivity contribution in [3.63, 3.8) is 0 Å². The topological polar surface area (TPSA) is 49.3 Å². The lowest BCUT2D eigenvalue weighted by atomic mass is 9.89. The minimum absolute atomic E-state index is 0.168. The molecule has 1 aromatic rings. The molecule has 1 aromatic carbocycles. The number of halogens is 3. The number of rotatable bonds is 8. The third-order valence-corrected chi connectivity index (χ3v) is 3.97. The molecule has 0 saturated carbocycles. The van der Waals surface area contributed by atoms with Gasteiger partial charge < -0.3 is 10.4 Å². The molecule has 0 heterocycles. The molecule has 0 aliphatic carbocycles. The van der Waals surface area contributed by atoms with E-state index < -0.39 is 23.1 Å². The van der Waals surface area contributed by atoms with E-state index in [9.17, 15) is 18.0 Å². The fraction of sp³-hybridized carbons (Fsp3) is 0.588. The summed E-state index contributed by atoms with van der Waals surface area (Å²) < 4.78 is 37.4. The van der Waals surface area contributed by atoms with Gasteiger partial charge >= 0.3 is 12.1 Å². The van der Waals surface area contributed by atoms with Gasteiger partial charge in [-0.05, 0) is 64.3 Å². The van der Waals surface area contributed by atoms with Crippen molar-refractivity contribution in [3.05, 3.63) is 35.4 Å². The molecule has 0 fully saturated rings. The Morgan fingerprint density at radius 3 is 2.26 bits per heavy atom. The van der Waals surface area contributed by atoms with Gasteiger partial charge in [0.15, 0.2) is 0 Å². The molecule has 0 radical (unpaired) electrons. The summed E-state index contributed by atoms with van der Waals surface area (Å²) in [5.41, 5.74) is -0.541. The Morgan fingerprint density at radius 2 is 1.78 bits per heavy atom. The van der Waals surface area contributed by atoms with E-state index in [1.54, 1.807) is 13.8 Å². The molecule has 0 spiro atoms. The highest BCUT2D eigenvalue weighted by Crippen LogP contribution is 2.29. The summed E-state index contributed by atoms with van der Waals surface area (Å²) >= 11 is 0. The van der Waals surface area contributed by atoms with Crippen LogP contribution in [0.25, 0.3) is 0 Å². The maximum Gasteiger partial charge on any atom is 0.416 e. The van der Waals surface area contributed by atoms with E-state index in [0.29, 0.717) is 19.4 Å². The van der Waals surface area contributed by atoms with Crippen LogP contribution in [0.3, 0.4) is 0 Å². The van der Waals surface area contributed by atoms with E-state index in [4.69, 9.17) is 5.11 Å². The van der Waals surface area contributed by atoms with Gasteiger partial charge in [-0.3, -0.25) is 4.79 Å². The van der Waals surface area contributed by atoms with Crippen molar-refractivity contribution in [2.75, 3.05) is 6.54 Å².